The second-order valence-corrected chi connectivity index (χ2v) is 7.88. The number of rotatable bonds is 4. The van der Waals surface area contributed by atoms with Crippen LogP contribution in [0.1, 0.15) is 24.8 Å². The van der Waals surface area contributed by atoms with Crippen LogP contribution in [-0.4, -0.2) is 57.8 Å². The molecule has 0 bridgehead atoms. The highest BCUT2D eigenvalue weighted by molar-refractivity contribution is 7.90. The van der Waals surface area contributed by atoms with Crippen molar-refractivity contribution in [1.29, 1.82) is 0 Å². The second-order valence-electron chi connectivity index (χ2n) is 6.23. The van der Waals surface area contributed by atoms with E-state index in [9.17, 15) is 13.2 Å². The minimum absolute atomic E-state index is 0.0388. The maximum atomic E-state index is 12.0. The monoisotopic (exact) mass is 350 g/mol. The van der Waals surface area contributed by atoms with Crippen LogP contribution in [0.4, 0.5) is 0 Å². The van der Waals surface area contributed by atoms with Crippen LogP contribution < -0.4 is 10.0 Å². The first-order valence-corrected chi connectivity index (χ1v) is 9.58. The number of hydrogen-bond acceptors (Lipinski definition) is 5. The van der Waals surface area contributed by atoms with Crippen molar-refractivity contribution in [3.63, 3.8) is 0 Å². The first-order valence-electron chi connectivity index (χ1n) is 8.10. The number of aliphatic imine (C=N–C) groups is 1. The molecule has 0 spiro atoms. The lowest BCUT2D eigenvalue weighted by Gasteiger charge is -2.29. The maximum Gasteiger partial charge on any atom is 0.263 e. The predicted octanol–water partition coefficient (Wildman–Crippen LogP) is 0.326. The van der Waals surface area contributed by atoms with Crippen LogP contribution >= 0.6 is 0 Å². The van der Waals surface area contributed by atoms with Crippen molar-refractivity contribution >= 4 is 21.8 Å². The third-order valence-electron chi connectivity index (χ3n) is 4.36. The molecule has 2 aliphatic heterocycles. The van der Waals surface area contributed by atoms with Crippen molar-refractivity contribution in [2.75, 3.05) is 26.7 Å². The Labute approximate surface area is 142 Å². The fourth-order valence-corrected chi connectivity index (χ4v) is 4.22. The largest absolute Gasteiger partial charge is 0.353 e. The molecule has 1 amide bonds. The fourth-order valence-electron chi connectivity index (χ4n) is 2.97. The molecule has 2 N–H and O–H groups in total. The van der Waals surface area contributed by atoms with E-state index in [0.717, 1.165) is 25.9 Å². The van der Waals surface area contributed by atoms with E-state index in [2.05, 4.69) is 27.0 Å². The third kappa shape index (κ3) is 3.76. The number of carbonyl (C=O) groups is 1. The van der Waals surface area contributed by atoms with Crippen LogP contribution in [-0.2, 0) is 14.8 Å². The van der Waals surface area contributed by atoms with Gasteiger partial charge in [0.15, 0.2) is 0 Å². The van der Waals surface area contributed by atoms with Gasteiger partial charge in [0, 0.05) is 18.0 Å². The van der Waals surface area contributed by atoms with Gasteiger partial charge < -0.3 is 10.2 Å². The van der Waals surface area contributed by atoms with Crippen molar-refractivity contribution in [2.24, 2.45) is 4.99 Å². The highest BCUT2D eigenvalue weighted by Gasteiger charge is 2.30. The zero-order chi connectivity index (χ0) is 17.2. The van der Waals surface area contributed by atoms with Crippen molar-refractivity contribution in [3.8, 4) is 0 Å². The van der Waals surface area contributed by atoms with Gasteiger partial charge in [0.2, 0.25) is 5.91 Å². The number of piperidine rings is 1. The standard InChI is InChI=1S/C16H22N4O3S/c1-20-10-7-12(8-11-20)18-15(21)6-9-17-16-13-4-2-3-5-14(13)24(22,23)19-16/h2-5,12H,6-11H2,1H3,(H,17,19)(H,18,21). The van der Waals surface area contributed by atoms with E-state index in [0.29, 0.717) is 11.4 Å². The smallest absolute Gasteiger partial charge is 0.263 e. The number of nitrogens with one attached hydrogen (secondary N) is 2. The lowest BCUT2D eigenvalue weighted by atomic mass is 10.1. The van der Waals surface area contributed by atoms with Crippen molar-refractivity contribution in [1.82, 2.24) is 14.9 Å². The number of likely N-dealkylation sites (tertiary alicyclic amines) is 1. The first kappa shape index (κ1) is 16.9. The topological polar surface area (TPSA) is 90.9 Å². The summed E-state index contributed by atoms with van der Waals surface area (Å²) in [6.45, 7) is 2.24. The van der Waals surface area contributed by atoms with Crippen LogP contribution in [0, 0.1) is 0 Å². The van der Waals surface area contributed by atoms with Gasteiger partial charge in [-0.3, -0.25) is 14.5 Å². The Bertz CT molecular complexity index is 752. The number of fused-ring (bicyclic) bond motifs is 1. The molecule has 1 fully saturated rings. The van der Waals surface area contributed by atoms with Gasteiger partial charge in [-0.15, -0.1) is 0 Å². The zero-order valence-electron chi connectivity index (χ0n) is 13.7. The molecule has 0 aromatic heterocycles. The molecule has 2 aliphatic rings. The van der Waals surface area contributed by atoms with Crippen molar-refractivity contribution in [2.45, 2.75) is 30.2 Å². The number of benzene rings is 1. The highest BCUT2D eigenvalue weighted by Crippen LogP contribution is 2.22. The van der Waals surface area contributed by atoms with Crippen molar-refractivity contribution in [3.05, 3.63) is 29.8 Å². The van der Waals surface area contributed by atoms with E-state index < -0.39 is 10.0 Å². The number of hydrogen-bond donors (Lipinski definition) is 2. The molecular weight excluding hydrogens is 328 g/mol. The van der Waals surface area contributed by atoms with Crippen LogP contribution in [0.5, 0.6) is 0 Å². The summed E-state index contributed by atoms with van der Waals surface area (Å²) in [6, 6.07) is 6.93. The normalized spacial score (nSPS) is 22.1. The average Bonchev–Trinajstić information content (AvgIpc) is 2.81. The number of amidine groups is 1. The van der Waals surface area contributed by atoms with E-state index in [4.69, 9.17) is 0 Å². The molecule has 0 aliphatic carbocycles. The molecule has 24 heavy (non-hydrogen) atoms. The predicted molar refractivity (Wildman–Crippen MR) is 91.4 cm³/mol. The molecule has 1 aromatic rings. The van der Waals surface area contributed by atoms with Crippen LogP contribution in [0.2, 0.25) is 0 Å². The Morgan fingerprint density at radius 1 is 1.33 bits per heavy atom. The lowest BCUT2D eigenvalue weighted by Crippen LogP contribution is -2.43. The molecule has 7 nitrogen and oxygen atoms in total. The summed E-state index contributed by atoms with van der Waals surface area (Å²) in [7, 11) is -1.44. The van der Waals surface area contributed by atoms with Gasteiger partial charge in [-0.05, 0) is 45.1 Å². The van der Waals surface area contributed by atoms with Gasteiger partial charge in [-0.25, -0.2) is 8.42 Å². The molecule has 0 saturated carbocycles. The molecule has 2 heterocycles. The Hall–Kier alpha value is -1.93. The second kappa shape index (κ2) is 6.90. The van der Waals surface area contributed by atoms with Gasteiger partial charge in [0.25, 0.3) is 10.0 Å². The molecule has 3 rings (SSSR count). The van der Waals surface area contributed by atoms with E-state index in [1.807, 2.05) is 0 Å². The van der Waals surface area contributed by atoms with E-state index in [1.165, 1.54) is 0 Å². The molecule has 130 valence electrons. The summed E-state index contributed by atoms with van der Waals surface area (Å²) < 4.78 is 26.4. The summed E-state index contributed by atoms with van der Waals surface area (Å²) in [5.74, 6) is 0.278. The molecule has 0 unspecified atom stereocenters. The van der Waals surface area contributed by atoms with E-state index in [1.54, 1.807) is 24.3 Å². The van der Waals surface area contributed by atoms with Gasteiger partial charge in [0.05, 0.1) is 11.4 Å². The van der Waals surface area contributed by atoms with E-state index >= 15 is 0 Å². The summed E-state index contributed by atoms with van der Waals surface area (Å²) in [5, 5.41) is 3.03. The third-order valence-corrected chi connectivity index (χ3v) is 5.75. The van der Waals surface area contributed by atoms with Crippen LogP contribution in [0.25, 0.3) is 0 Å². The molecule has 1 saturated heterocycles. The van der Waals surface area contributed by atoms with Gasteiger partial charge in [0.1, 0.15) is 5.84 Å². The van der Waals surface area contributed by atoms with Crippen LogP contribution in [0.15, 0.2) is 34.2 Å². The quantitative estimate of drug-likeness (QED) is 0.818. The Kier molecular flexibility index (Phi) is 4.86. The molecule has 0 atom stereocenters. The van der Waals surface area contributed by atoms with Gasteiger partial charge in [-0.1, -0.05) is 12.1 Å². The Morgan fingerprint density at radius 3 is 2.79 bits per heavy atom. The molecular formula is C16H22N4O3S. The maximum absolute atomic E-state index is 12.0. The summed E-state index contributed by atoms with van der Waals surface area (Å²) in [4.78, 5) is 18.8. The van der Waals surface area contributed by atoms with Gasteiger partial charge >= 0.3 is 0 Å². The summed E-state index contributed by atoms with van der Waals surface area (Å²) in [5.41, 5.74) is 0.563. The van der Waals surface area contributed by atoms with E-state index in [-0.39, 0.29) is 29.8 Å². The Morgan fingerprint density at radius 2 is 2.04 bits per heavy atom. The number of sulfonamides is 1. The number of nitrogens with zero attached hydrogens (tertiary/aromatic N) is 2. The lowest BCUT2D eigenvalue weighted by molar-refractivity contribution is -0.121. The zero-order valence-corrected chi connectivity index (χ0v) is 14.5. The molecule has 1 aromatic carbocycles. The number of carbonyl (C=O) groups excluding carboxylic acids is 1. The fraction of sp³-hybridized carbons (Fsp3) is 0.500. The minimum Gasteiger partial charge on any atom is -0.353 e. The summed E-state index contributed by atoms with van der Waals surface area (Å²) >= 11 is 0. The first-order chi connectivity index (χ1) is 11.5. The average molecular weight is 350 g/mol. The Balaban J connectivity index is 1.55. The number of amides is 1. The molecule has 0 radical (unpaired) electrons. The van der Waals surface area contributed by atoms with Crippen molar-refractivity contribution < 1.29 is 13.2 Å². The van der Waals surface area contributed by atoms with Crippen LogP contribution in [0.3, 0.4) is 0 Å². The molecule has 8 heteroatoms. The van der Waals surface area contributed by atoms with Gasteiger partial charge in [-0.2, -0.15) is 0 Å². The SMILES string of the molecule is CN1CCC(NC(=O)CCN=C2NS(=O)(=O)c3ccccc32)CC1. The highest BCUT2D eigenvalue weighted by atomic mass is 32.2. The summed E-state index contributed by atoms with van der Waals surface area (Å²) in [6.07, 6.45) is 2.17. The minimum atomic E-state index is -3.52.